The smallest absolute Gasteiger partial charge is 0.407 e. The minimum Gasteiger partial charge on any atom is -0.507 e. The van der Waals surface area contributed by atoms with Crippen molar-refractivity contribution in [2.24, 2.45) is 11.5 Å². The molecule has 0 fully saturated rings. The maximum Gasteiger partial charge on any atom is 0.407 e. The van der Waals surface area contributed by atoms with E-state index in [1.807, 2.05) is 88.5 Å². The molecule has 726 valence electrons. The molecule has 0 heterocycles. The summed E-state index contributed by atoms with van der Waals surface area (Å²) < 4.78 is 159. The Kier molecular flexibility index (Phi) is 66.1. The van der Waals surface area contributed by atoms with E-state index in [2.05, 4.69) is 112 Å². The summed E-state index contributed by atoms with van der Waals surface area (Å²) in [5.41, 5.74) is 15.2. The van der Waals surface area contributed by atoms with E-state index in [-0.39, 0.29) is 138 Å². The van der Waals surface area contributed by atoms with Gasteiger partial charge in [-0.1, -0.05) is 118 Å². The van der Waals surface area contributed by atoms with Crippen molar-refractivity contribution in [1.82, 2.24) is 5.32 Å². The van der Waals surface area contributed by atoms with Crippen LogP contribution in [0, 0.1) is 85.0 Å². The summed E-state index contributed by atoms with van der Waals surface area (Å²) >= 11 is 10.8. The van der Waals surface area contributed by atoms with Gasteiger partial charge in [-0.15, -0.1) is 6.42 Å². The first kappa shape index (κ1) is 126. The molecule has 8 aromatic rings. The van der Waals surface area contributed by atoms with Crippen LogP contribution >= 0.6 is 106 Å². The Morgan fingerprint density at radius 3 is 1.20 bits per heavy atom. The maximum atomic E-state index is 14.0. The molecule has 0 aromatic heterocycles. The fourth-order valence-corrected chi connectivity index (χ4v) is 13.3. The molecule has 0 radical (unpaired) electrons. The summed E-state index contributed by atoms with van der Waals surface area (Å²) in [6.45, 7) is 37.1. The molecule has 0 spiro atoms. The predicted octanol–water partition coefficient (Wildman–Crippen LogP) is 21.1. The first-order chi connectivity index (χ1) is 60.8. The van der Waals surface area contributed by atoms with Crippen molar-refractivity contribution in [2.75, 3.05) is 92.2 Å². The number of benzene rings is 8. The van der Waals surface area contributed by atoms with Gasteiger partial charge in [0.2, 0.25) is 0 Å². The van der Waals surface area contributed by atoms with Gasteiger partial charge in [-0.05, 0) is 304 Å². The number of carbonyl (C=O) groups is 1. The van der Waals surface area contributed by atoms with Crippen LogP contribution in [0.1, 0.15) is 120 Å². The topological polar surface area (TPSA) is 302 Å². The van der Waals surface area contributed by atoms with E-state index < -0.39 is 34.1 Å². The Bertz CT molecular complexity index is 4600. The molecule has 130 heavy (non-hydrogen) atoms. The SMILES string of the molecule is C#C[C@@H](C)[NH3+].CC(C)(C)[Si](C)(C)OCCBr.CC(C)(C)[Si](C)(C)OCCOc1cccc(F)c1I.COc1cccc(F)c1.COc1cccc(F)c1I.C[C@@H](N)C#Cc1c(F)cccc1OCCO.C[C@@H](N)CCc1c(F)cccc1OCCO.C[C@H](CCc1c(F)cccc1OCCO)NC(=O)OC(C)(C)C.OCCOc1cccc(F)c1I.Oc1cccc(F)c1I. The summed E-state index contributed by atoms with van der Waals surface area (Å²) in [6.07, 6.45) is 6.56. The van der Waals surface area contributed by atoms with E-state index in [4.69, 9.17) is 90.2 Å². The molecular weight excluding hydrogens is 2250 g/mol. The van der Waals surface area contributed by atoms with Gasteiger partial charge in [0.1, 0.15) is 143 Å². The van der Waals surface area contributed by atoms with Gasteiger partial charge in [-0.25, -0.2) is 39.9 Å². The average molecular weight is 2380 g/mol. The molecule has 0 saturated carbocycles. The summed E-state index contributed by atoms with van der Waals surface area (Å²) in [4.78, 5) is 11.7. The molecule has 8 rings (SSSR count). The number of aliphatic hydroxyl groups is 4. The number of phenolic OH excluding ortho intramolecular Hbond substituents is 1. The lowest BCUT2D eigenvalue weighted by Crippen LogP contribution is -2.58. The van der Waals surface area contributed by atoms with Gasteiger partial charge in [0.05, 0.1) is 67.6 Å². The third-order valence-electron chi connectivity index (χ3n) is 17.6. The van der Waals surface area contributed by atoms with Gasteiger partial charge >= 0.3 is 6.09 Å². The van der Waals surface area contributed by atoms with Gasteiger partial charge in [0, 0.05) is 41.2 Å². The molecule has 8 aromatic carbocycles. The summed E-state index contributed by atoms with van der Waals surface area (Å²) in [5, 5.41) is 47.6. The number of hydrogen-bond donors (Lipinski definition) is 9. The number of ether oxygens (including phenoxy) is 8. The van der Waals surface area contributed by atoms with E-state index in [0.29, 0.717) is 106 Å². The number of carbonyl (C=O) groups excluding carboxylic acids is 1. The van der Waals surface area contributed by atoms with Gasteiger partial charge in [-0.2, -0.15) is 0 Å². The highest BCUT2D eigenvalue weighted by Gasteiger charge is 2.38. The highest BCUT2D eigenvalue weighted by Crippen LogP contribution is 2.38. The molecule has 35 heteroatoms. The van der Waals surface area contributed by atoms with Crippen LogP contribution in [0.3, 0.4) is 0 Å². The van der Waals surface area contributed by atoms with Gasteiger partial charge < -0.3 is 94.8 Å². The molecule has 0 aliphatic carbocycles. The number of aliphatic hydroxyl groups excluding tert-OH is 4. The Hall–Kier alpha value is -6.54. The molecule has 4 atom stereocenters. The molecule has 0 unspecified atom stereocenters. The van der Waals surface area contributed by atoms with E-state index in [0.717, 1.165) is 11.9 Å². The molecule has 13 N–H and O–H groups in total. The standard InChI is InChI=1S/C17H26FNO4.C14H22FIO2Si.C12H18FNO2.C12H14FNO2.C8H19BrOSi.C8H8FIO2.C7H6FIO.C7H7FO.C6H4FIO.C4H7N/c1-12(19-16(21)23-17(2,3)4)8-9-13-14(18)6-5-7-15(13)22-11-10-20;1-14(2,3)19(4,5)18-10-9-17-12-8-6-7-11(15)13(12)16;2*1-9(14)5-6-10-11(13)3-2-4-12(10)16-8-7-15;1-8(2,3)11(4,5)10-7-6-9;9-6-2-1-3-7(8(6)10)12-5-4-11;1-10-6-4-2-3-5(8)7(6)9;1-9-7-4-2-3-6(8)5-7;7-4-2-1-3-5(9)6(4)8;1-3-4(2)5/h5-7,12,20H,8-11H2,1-4H3,(H,19,21);6-8H,9-10H2,1-5H3;2-4,9,15H,5-8,14H2,1H3;2-4,9,15H,7-8,14H2,1H3;6-7H2,1-5H3;1-3,11H,4-5H2;2-4H,1H3;2-5H,1H3;1-3,9H;1,4H,5H2,2H3/p+1/t12-;;2*9-;;;;;;4-/m1.11.....1/s1. The monoisotopic (exact) mass is 2380 g/mol. The highest BCUT2D eigenvalue weighted by molar-refractivity contribution is 14.1. The van der Waals surface area contributed by atoms with Crippen molar-refractivity contribution >= 4 is 129 Å². The number of nitrogens with two attached hydrogens (primary N) is 2. The van der Waals surface area contributed by atoms with Crippen LogP contribution in [-0.4, -0.2) is 170 Å². The van der Waals surface area contributed by atoms with Crippen LogP contribution in [-0.2, 0) is 26.4 Å². The Morgan fingerprint density at radius 1 is 0.492 bits per heavy atom. The van der Waals surface area contributed by atoms with Gasteiger partial charge in [-0.3, -0.25) is 0 Å². The number of rotatable bonds is 29. The Balaban J connectivity index is 0. The lowest BCUT2D eigenvalue weighted by atomic mass is 10.0. The number of quaternary nitrogens is 1. The maximum absolute atomic E-state index is 14.0. The Morgan fingerprint density at radius 2 is 0.846 bits per heavy atom. The zero-order valence-electron chi connectivity index (χ0n) is 77.6. The van der Waals surface area contributed by atoms with E-state index in [9.17, 15) is 39.9 Å². The number of nitrogens with one attached hydrogen (secondary N) is 1. The van der Waals surface area contributed by atoms with Crippen LogP contribution in [0.15, 0.2) is 152 Å². The number of amides is 1. The molecule has 0 aliphatic heterocycles. The largest absolute Gasteiger partial charge is 0.507 e. The lowest BCUT2D eigenvalue weighted by molar-refractivity contribution is -0.393. The Labute approximate surface area is 829 Å². The van der Waals surface area contributed by atoms with Gasteiger partial charge in [0.25, 0.3) is 0 Å². The predicted molar refractivity (Wildman–Crippen MR) is 544 cm³/mol. The van der Waals surface area contributed by atoms with Crippen LogP contribution in [0.4, 0.5) is 39.9 Å². The quantitative estimate of drug-likeness (QED) is 0.00525. The van der Waals surface area contributed by atoms with Crippen molar-refractivity contribution in [3.8, 4) is 70.2 Å². The molecule has 20 nitrogen and oxygen atoms in total. The number of halogens is 13. The van der Waals surface area contributed by atoms with Crippen LogP contribution in [0.25, 0.3) is 0 Å². The van der Waals surface area contributed by atoms with E-state index in [1.54, 1.807) is 129 Å². The fourth-order valence-electron chi connectivity index (χ4n) is 8.80. The molecule has 1 amide bonds. The minimum atomic E-state index is -1.72. The molecule has 0 bridgehead atoms. The second-order valence-electron chi connectivity index (χ2n) is 31.9. The number of alkyl carbamates (subject to hydrolysis) is 1. The summed E-state index contributed by atoms with van der Waals surface area (Å²) in [7, 11) is -0.146. The third kappa shape index (κ3) is 55.3. The normalized spacial score (nSPS) is 11.6. The number of methoxy groups -OCH3 is 2. The zero-order chi connectivity index (χ0) is 99.6. The van der Waals surface area contributed by atoms with E-state index in [1.165, 1.54) is 87.0 Å². The number of aromatic hydroxyl groups is 1. The number of alkyl halides is 1. The minimum absolute atomic E-state index is 0.00407. The lowest BCUT2D eigenvalue weighted by Gasteiger charge is -2.36. The van der Waals surface area contributed by atoms with E-state index >= 15 is 0 Å². The van der Waals surface area contributed by atoms with Crippen molar-refractivity contribution in [3.63, 3.8) is 0 Å². The summed E-state index contributed by atoms with van der Waals surface area (Å²) in [6, 6.07) is 37.9. The average Bonchev–Trinajstić information content (AvgIpc) is 0.873. The van der Waals surface area contributed by atoms with Crippen molar-refractivity contribution in [3.05, 3.63) is 229 Å². The van der Waals surface area contributed by atoms with Crippen molar-refractivity contribution in [1.29, 1.82) is 0 Å². The van der Waals surface area contributed by atoms with Crippen molar-refractivity contribution < 1.29 is 118 Å². The van der Waals surface area contributed by atoms with Crippen molar-refractivity contribution in [2.45, 2.75) is 182 Å². The fraction of sp³-hybridized carbons (Fsp3) is 0.442. The van der Waals surface area contributed by atoms with Gasteiger partial charge in [0.15, 0.2) is 16.6 Å². The highest BCUT2D eigenvalue weighted by atomic mass is 127. The number of hydrogen-bond acceptors (Lipinski definition) is 18. The second-order valence-corrected chi connectivity index (χ2v) is 46.6. The number of phenols is 1. The van der Waals surface area contributed by atoms with Crippen LogP contribution < -0.4 is 55.7 Å². The van der Waals surface area contributed by atoms with Crippen LogP contribution in [0.5, 0.6) is 46.0 Å². The first-order valence-corrected chi connectivity index (χ1v) is 52.4. The molecule has 0 aliphatic rings. The van der Waals surface area contributed by atoms with Crippen LogP contribution in [0.2, 0.25) is 36.3 Å². The molecule has 0 saturated heterocycles. The molecular formula is C95H132BrF8I4N4O16Si2+. The zero-order valence-corrected chi connectivity index (χ0v) is 89.9. The first-order valence-electron chi connectivity index (χ1n) is 41.2. The second kappa shape index (κ2) is 68.5. The summed E-state index contributed by atoms with van der Waals surface area (Å²) in [5.74, 6) is 8.62. The number of terminal acetylenes is 1. The third-order valence-corrected chi connectivity index (χ3v) is 31.2.